The SMILES string of the molecule is Fc1ccc2c(c1)C(I)NN2C1CCCC1. The van der Waals surface area contributed by atoms with Gasteiger partial charge < -0.3 is 5.01 Å². The Hall–Kier alpha value is -0.360. The molecule has 1 aliphatic heterocycles. The molecule has 1 aliphatic carbocycles. The second-order valence-corrected chi connectivity index (χ2v) is 5.75. The van der Waals surface area contributed by atoms with Crippen molar-refractivity contribution in [1.29, 1.82) is 0 Å². The first-order valence-electron chi connectivity index (χ1n) is 5.74. The second-order valence-electron chi connectivity index (χ2n) is 4.50. The maximum absolute atomic E-state index is 13.2. The maximum atomic E-state index is 13.2. The Balaban J connectivity index is 1.95. The third kappa shape index (κ3) is 1.72. The van der Waals surface area contributed by atoms with Crippen molar-refractivity contribution in [2.24, 2.45) is 0 Å². The van der Waals surface area contributed by atoms with Crippen molar-refractivity contribution < 1.29 is 4.39 Å². The Morgan fingerprint density at radius 1 is 1.31 bits per heavy atom. The van der Waals surface area contributed by atoms with E-state index in [0.717, 1.165) is 11.3 Å². The van der Waals surface area contributed by atoms with Gasteiger partial charge in [-0.2, -0.15) is 0 Å². The molecule has 1 unspecified atom stereocenters. The van der Waals surface area contributed by atoms with Crippen molar-refractivity contribution in [3.05, 3.63) is 29.6 Å². The zero-order valence-electron chi connectivity index (χ0n) is 8.92. The van der Waals surface area contributed by atoms with Gasteiger partial charge in [0.2, 0.25) is 0 Å². The van der Waals surface area contributed by atoms with Gasteiger partial charge in [0.1, 0.15) is 9.87 Å². The smallest absolute Gasteiger partial charge is 0.123 e. The number of hydrogen-bond donors (Lipinski definition) is 1. The van der Waals surface area contributed by atoms with E-state index in [1.807, 2.05) is 6.07 Å². The van der Waals surface area contributed by atoms with Crippen LogP contribution in [0.15, 0.2) is 18.2 Å². The molecule has 0 aromatic heterocycles. The van der Waals surface area contributed by atoms with E-state index in [2.05, 4.69) is 33.0 Å². The number of nitrogens with zero attached hydrogens (tertiary/aromatic N) is 1. The fourth-order valence-corrected chi connectivity index (χ4v) is 3.47. The molecule has 1 heterocycles. The van der Waals surface area contributed by atoms with Crippen LogP contribution in [0, 0.1) is 5.82 Å². The number of halogens is 2. The average Bonchev–Trinajstić information content (AvgIpc) is 2.87. The zero-order chi connectivity index (χ0) is 11.1. The summed E-state index contributed by atoms with van der Waals surface area (Å²) < 4.78 is 13.4. The Labute approximate surface area is 108 Å². The zero-order valence-corrected chi connectivity index (χ0v) is 11.1. The van der Waals surface area contributed by atoms with Crippen LogP contribution in [0.4, 0.5) is 10.1 Å². The quantitative estimate of drug-likeness (QED) is 0.481. The van der Waals surface area contributed by atoms with Crippen LogP contribution in [0.1, 0.15) is 35.3 Å². The van der Waals surface area contributed by atoms with Gasteiger partial charge in [-0.05, 0) is 31.0 Å². The topological polar surface area (TPSA) is 15.3 Å². The molecule has 1 aromatic carbocycles. The van der Waals surface area contributed by atoms with Crippen molar-refractivity contribution in [1.82, 2.24) is 5.43 Å². The highest BCUT2D eigenvalue weighted by molar-refractivity contribution is 14.1. The molecule has 3 rings (SSSR count). The lowest BCUT2D eigenvalue weighted by atomic mass is 10.1. The van der Waals surface area contributed by atoms with Gasteiger partial charge in [-0.25, -0.2) is 9.82 Å². The summed E-state index contributed by atoms with van der Waals surface area (Å²) >= 11 is 2.32. The predicted molar refractivity (Wildman–Crippen MR) is 71.0 cm³/mol. The first-order chi connectivity index (χ1) is 7.75. The van der Waals surface area contributed by atoms with Gasteiger partial charge in [-0.3, -0.25) is 0 Å². The molecule has 16 heavy (non-hydrogen) atoms. The third-order valence-corrected chi connectivity index (χ3v) is 4.41. The summed E-state index contributed by atoms with van der Waals surface area (Å²) in [5.41, 5.74) is 5.68. The molecule has 4 heteroatoms. The lowest BCUT2D eigenvalue weighted by Gasteiger charge is -2.26. The molecule has 0 radical (unpaired) electrons. The molecule has 1 saturated carbocycles. The summed E-state index contributed by atoms with van der Waals surface area (Å²) in [6, 6.07) is 5.68. The lowest BCUT2D eigenvalue weighted by molar-refractivity contribution is 0.546. The predicted octanol–water partition coefficient (Wildman–Crippen LogP) is 3.53. The van der Waals surface area contributed by atoms with Crippen molar-refractivity contribution >= 4 is 28.3 Å². The molecule has 2 nitrogen and oxygen atoms in total. The van der Waals surface area contributed by atoms with E-state index in [0.29, 0.717) is 6.04 Å². The summed E-state index contributed by atoms with van der Waals surface area (Å²) in [5, 5.41) is 2.25. The van der Waals surface area contributed by atoms with Crippen LogP contribution in [0.5, 0.6) is 0 Å². The molecule has 1 aromatic rings. The Morgan fingerprint density at radius 3 is 2.81 bits per heavy atom. The lowest BCUT2D eigenvalue weighted by Crippen LogP contribution is -2.40. The van der Waals surface area contributed by atoms with Crippen molar-refractivity contribution in [2.45, 2.75) is 35.8 Å². The summed E-state index contributed by atoms with van der Waals surface area (Å²) in [6.45, 7) is 0. The van der Waals surface area contributed by atoms with Crippen LogP contribution in [-0.4, -0.2) is 6.04 Å². The maximum Gasteiger partial charge on any atom is 0.123 e. The van der Waals surface area contributed by atoms with E-state index in [-0.39, 0.29) is 9.87 Å². The monoisotopic (exact) mass is 332 g/mol. The summed E-state index contributed by atoms with van der Waals surface area (Å²) in [4.78, 5) is 0. The van der Waals surface area contributed by atoms with Gasteiger partial charge in [-0.1, -0.05) is 35.4 Å². The van der Waals surface area contributed by atoms with Crippen LogP contribution >= 0.6 is 22.6 Å². The Morgan fingerprint density at radius 2 is 2.06 bits per heavy atom. The van der Waals surface area contributed by atoms with Crippen molar-refractivity contribution in [3.63, 3.8) is 0 Å². The van der Waals surface area contributed by atoms with Gasteiger partial charge in [0.25, 0.3) is 0 Å². The number of hydrazine groups is 1. The fraction of sp³-hybridized carbons (Fsp3) is 0.500. The van der Waals surface area contributed by atoms with Crippen molar-refractivity contribution in [2.75, 3.05) is 5.01 Å². The van der Waals surface area contributed by atoms with Gasteiger partial charge in [-0.15, -0.1) is 0 Å². The summed E-state index contributed by atoms with van der Waals surface area (Å²) in [6.07, 6.45) is 5.11. The highest BCUT2D eigenvalue weighted by Crippen LogP contribution is 2.40. The highest BCUT2D eigenvalue weighted by atomic mass is 127. The number of fused-ring (bicyclic) bond motifs is 1. The average molecular weight is 332 g/mol. The number of hydrogen-bond acceptors (Lipinski definition) is 2. The minimum absolute atomic E-state index is 0.143. The second kappa shape index (κ2) is 4.14. The van der Waals surface area contributed by atoms with Gasteiger partial charge in [0, 0.05) is 11.6 Å². The minimum Gasteiger partial charge on any atom is -0.304 e. The normalized spacial score (nSPS) is 25.1. The third-order valence-electron chi connectivity index (χ3n) is 3.46. The molecule has 0 saturated heterocycles. The molecule has 1 atom stereocenters. The van der Waals surface area contributed by atoms with E-state index in [4.69, 9.17) is 0 Å². The van der Waals surface area contributed by atoms with E-state index < -0.39 is 0 Å². The van der Waals surface area contributed by atoms with Crippen LogP contribution < -0.4 is 10.4 Å². The molecular formula is C12H14FIN2. The molecule has 2 aliphatic rings. The standard InChI is InChI=1S/C12H14FIN2/c13-8-5-6-11-10(7-8)12(14)15-16(11)9-3-1-2-4-9/h5-7,9,12,15H,1-4H2. The van der Waals surface area contributed by atoms with Crippen LogP contribution in [-0.2, 0) is 0 Å². The Bertz CT molecular complexity index is 404. The van der Waals surface area contributed by atoms with Crippen molar-refractivity contribution in [3.8, 4) is 0 Å². The molecule has 1 N–H and O–H groups in total. The molecule has 0 bridgehead atoms. The first kappa shape index (κ1) is 10.8. The van der Waals surface area contributed by atoms with Gasteiger partial charge in [0.15, 0.2) is 0 Å². The van der Waals surface area contributed by atoms with Gasteiger partial charge >= 0.3 is 0 Å². The van der Waals surface area contributed by atoms with E-state index in [1.54, 1.807) is 12.1 Å². The van der Waals surface area contributed by atoms with E-state index >= 15 is 0 Å². The van der Waals surface area contributed by atoms with Gasteiger partial charge in [0.05, 0.1) is 5.69 Å². The number of anilines is 1. The number of alkyl halides is 1. The summed E-state index contributed by atoms with van der Waals surface area (Å²) in [7, 11) is 0. The fourth-order valence-electron chi connectivity index (χ4n) is 2.67. The molecule has 86 valence electrons. The number of nitrogens with one attached hydrogen (secondary N) is 1. The largest absolute Gasteiger partial charge is 0.304 e. The first-order valence-corrected chi connectivity index (χ1v) is 6.99. The molecular weight excluding hydrogens is 318 g/mol. The summed E-state index contributed by atoms with van der Waals surface area (Å²) in [5.74, 6) is -0.143. The van der Waals surface area contributed by atoms with E-state index in [9.17, 15) is 4.39 Å². The van der Waals surface area contributed by atoms with E-state index in [1.165, 1.54) is 25.7 Å². The Kier molecular flexibility index (Phi) is 2.79. The van der Waals surface area contributed by atoms with Crippen LogP contribution in [0.3, 0.4) is 0 Å². The van der Waals surface area contributed by atoms with Crippen LogP contribution in [0.2, 0.25) is 0 Å². The van der Waals surface area contributed by atoms with Crippen LogP contribution in [0.25, 0.3) is 0 Å². The highest BCUT2D eigenvalue weighted by Gasteiger charge is 2.32. The molecule has 1 fully saturated rings. The molecule has 0 spiro atoms. The number of benzene rings is 1. The number of rotatable bonds is 1. The minimum atomic E-state index is -0.143. The molecule has 0 amide bonds.